The molecule has 1 unspecified atom stereocenters. The molecule has 1 saturated heterocycles. The van der Waals surface area contributed by atoms with Gasteiger partial charge in [-0.1, -0.05) is 47.6 Å². The molecule has 2 amide bonds. The van der Waals surface area contributed by atoms with Crippen molar-refractivity contribution >= 4 is 47.0 Å². The molecule has 1 aromatic carbocycles. The minimum Gasteiger partial charge on any atom is -0.379 e. The molecular formula is C23H25ClN3O3S+. The van der Waals surface area contributed by atoms with Gasteiger partial charge in [0.2, 0.25) is 5.71 Å². The smallest absolute Gasteiger partial charge is 0.379 e. The van der Waals surface area contributed by atoms with Crippen molar-refractivity contribution in [3.05, 3.63) is 63.6 Å². The van der Waals surface area contributed by atoms with E-state index < -0.39 is 0 Å². The topological polar surface area (TPSA) is 61.6 Å². The molecule has 2 aliphatic heterocycles. The second kappa shape index (κ2) is 9.96. The molecule has 31 heavy (non-hydrogen) atoms. The molecule has 0 aromatic heterocycles. The zero-order valence-electron chi connectivity index (χ0n) is 17.3. The molecule has 3 aliphatic rings. The average molecular weight is 459 g/mol. The quantitative estimate of drug-likeness (QED) is 0.542. The number of allylic oxidation sites excluding steroid dienone is 1. The summed E-state index contributed by atoms with van der Waals surface area (Å²) in [5.41, 5.74) is 2.27. The van der Waals surface area contributed by atoms with E-state index in [4.69, 9.17) is 16.3 Å². The first kappa shape index (κ1) is 22.0. The molecule has 0 saturated carbocycles. The van der Waals surface area contributed by atoms with Gasteiger partial charge in [0.15, 0.2) is 0 Å². The Morgan fingerprint density at radius 2 is 2.19 bits per heavy atom. The van der Waals surface area contributed by atoms with Crippen molar-refractivity contribution in [1.29, 1.82) is 0 Å². The predicted octanol–water partition coefficient (Wildman–Crippen LogP) is 2.35. The highest BCUT2D eigenvalue weighted by atomic mass is 35.5. The van der Waals surface area contributed by atoms with Gasteiger partial charge in [-0.15, -0.1) is 0 Å². The van der Waals surface area contributed by atoms with Crippen LogP contribution in [0.4, 0.5) is 0 Å². The molecule has 1 aliphatic carbocycles. The molecule has 162 valence electrons. The lowest BCUT2D eigenvalue weighted by molar-refractivity contribution is -0.413. The third kappa shape index (κ3) is 5.36. The Labute approximate surface area is 191 Å². The van der Waals surface area contributed by atoms with E-state index in [-0.39, 0.29) is 17.1 Å². The van der Waals surface area contributed by atoms with Crippen LogP contribution >= 0.6 is 23.4 Å². The summed E-state index contributed by atoms with van der Waals surface area (Å²) < 4.78 is 6.97. The van der Waals surface area contributed by atoms with Crippen LogP contribution in [0.2, 0.25) is 5.02 Å². The third-order valence-electron chi connectivity index (χ3n) is 5.43. The number of rotatable bonds is 5. The fourth-order valence-electron chi connectivity index (χ4n) is 3.68. The van der Waals surface area contributed by atoms with E-state index in [0.717, 1.165) is 44.1 Å². The lowest BCUT2D eigenvalue weighted by Crippen LogP contribution is -2.42. The van der Waals surface area contributed by atoms with Crippen LogP contribution in [0, 0.1) is 0 Å². The van der Waals surface area contributed by atoms with Crippen molar-refractivity contribution in [2.75, 3.05) is 46.4 Å². The maximum Gasteiger partial charge on any atom is 0.425 e. The van der Waals surface area contributed by atoms with E-state index in [9.17, 15) is 9.59 Å². The summed E-state index contributed by atoms with van der Waals surface area (Å²) in [5.74, 6) is -0.212. The van der Waals surface area contributed by atoms with E-state index >= 15 is 0 Å². The van der Waals surface area contributed by atoms with Gasteiger partial charge in [-0.25, -0.2) is 4.79 Å². The monoisotopic (exact) mass is 458 g/mol. The zero-order chi connectivity index (χ0) is 21.8. The van der Waals surface area contributed by atoms with Gasteiger partial charge in [0.25, 0.3) is 5.91 Å². The first-order chi connectivity index (χ1) is 15.0. The summed E-state index contributed by atoms with van der Waals surface area (Å²) in [6.45, 7) is 4.66. The van der Waals surface area contributed by atoms with Crippen LogP contribution in [0.15, 0.2) is 53.0 Å². The Hall–Kier alpha value is -2.19. The molecule has 0 radical (unpaired) electrons. The highest BCUT2D eigenvalue weighted by molar-refractivity contribution is 8.05. The van der Waals surface area contributed by atoms with Gasteiger partial charge < -0.3 is 10.1 Å². The molecule has 0 bridgehead atoms. The Balaban J connectivity index is 1.44. The first-order valence-electron chi connectivity index (χ1n) is 10.3. The van der Waals surface area contributed by atoms with Crippen molar-refractivity contribution in [2.24, 2.45) is 0 Å². The van der Waals surface area contributed by atoms with Crippen LogP contribution in [-0.2, 0) is 14.3 Å². The molecule has 1 atom stereocenters. The molecule has 6 nitrogen and oxygen atoms in total. The fraction of sp³-hybridized carbons (Fsp3) is 0.348. The van der Waals surface area contributed by atoms with Crippen LogP contribution in [-0.4, -0.2) is 78.7 Å². The minimum atomic E-state index is -0.124. The second-order valence-electron chi connectivity index (χ2n) is 7.56. The van der Waals surface area contributed by atoms with Gasteiger partial charge in [-0.05, 0) is 23.8 Å². The second-order valence-corrected chi connectivity index (χ2v) is 9.18. The highest BCUT2D eigenvalue weighted by Gasteiger charge is 2.37. The Bertz CT molecular complexity index is 1010. The van der Waals surface area contributed by atoms with E-state index in [1.165, 1.54) is 11.8 Å². The summed E-state index contributed by atoms with van der Waals surface area (Å²) in [6, 6.07) is 7.42. The predicted molar refractivity (Wildman–Crippen MR) is 124 cm³/mol. The number of nitrogens with one attached hydrogen (secondary N) is 1. The summed E-state index contributed by atoms with van der Waals surface area (Å²) >= 11 is 7.55. The molecular weight excluding hydrogens is 434 g/mol. The lowest BCUT2D eigenvalue weighted by Gasteiger charge is -2.26. The number of benzene rings is 1. The molecule has 1 aromatic rings. The molecule has 8 heteroatoms. The van der Waals surface area contributed by atoms with Crippen molar-refractivity contribution in [3.8, 4) is 0 Å². The molecule has 0 spiro atoms. The van der Waals surface area contributed by atoms with Gasteiger partial charge in [-0.2, -0.15) is 4.58 Å². The number of hydrogen-bond donors (Lipinski definition) is 1. The van der Waals surface area contributed by atoms with E-state index in [0.29, 0.717) is 22.0 Å². The Kier molecular flexibility index (Phi) is 7.07. The average Bonchev–Trinajstić information content (AvgIpc) is 2.78. The lowest BCUT2D eigenvalue weighted by atomic mass is 10.0. The number of ether oxygens (including phenoxy) is 1. The summed E-state index contributed by atoms with van der Waals surface area (Å²) in [6.07, 6.45) is 7.49. The number of fused-ring (bicyclic) bond motifs is 1. The number of halogens is 1. The zero-order valence-corrected chi connectivity index (χ0v) is 18.9. The number of thioether (sulfide) groups is 1. The van der Waals surface area contributed by atoms with E-state index in [1.807, 2.05) is 42.5 Å². The maximum atomic E-state index is 12.9. The summed E-state index contributed by atoms with van der Waals surface area (Å²) in [7, 11) is 1.75. The van der Waals surface area contributed by atoms with Crippen LogP contribution in [0.3, 0.4) is 0 Å². The number of carbonyl (C=O) groups is 2. The van der Waals surface area contributed by atoms with Crippen LogP contribution < -0.4 is 5.32 Å². The normalized spacial score (nSPS) is 23.0. The largest absolute Gasteiger partial charge is 0.425 e. The van der Waals surface area contributed by atoms with E-state index in [1.54, 1.807) is 17.7 Å². The highest BCUT2D eigenvalue weighted by Crippen LogP contribution is 2.33. The standard InChI is InChI=1S/C23H24ClN3O3S/c1-26-19-15-17(22(28)25-7-8-27-9-11-30-12-10-27)5-6-20(19)31-21(23(26)29)14-16-3-2-4-18(24)13-16/h2-6,13-15,20H,7-12H2,1H3/p+1/b21-14-. The first-order valence-corrected chi connectivity index (χ1v) is 11.5. The molecule has 1 fully saturated rings. The van der Waals surface area contributed by atoms with Gasteiger partial charge in [-0.3, -0.25) is 9.69 Å². The van der Waals surface area contributed by atoms with Crippen molar-refractivity contribution in [1.82, 2.24) is 10.2 Å². The number of carbonyl (C=O) groups excluding carboxylic acids is 2. The number of morpholine rings is 1. The Morgan fingerprint density at radius 1 is 1.39 bits per heavy atom. The van der Waals surface area contributed by atoms with Crippen molar-refractivity contribution < 1.29 is 18.9 Å². The van der Waals surface area contributed by atoms with Crippen molar-refractivity contribution in [3.63, 3.8) is 0 Å². The number of hydrogen-bond acceptors (Lipinski definition) is 5. The van der Waals surface area contributed by atoms with Gasteiger partial charge in [0.05, 0.1) is 13.2 Å². The summed E-state index contributed by atoms with van der Waals surface area (Å²) in [5, 5.41) is 3.60. The van der Waals surface area contributed by atoms with Crippen LogP contribution in [0.1, 0.15) is 5.56 Å². The Morgan fingerprint density at radius 3 is 2.97 bits per heavy atom. The molecule has 2 heterocycles. The number of nitrogens with zero attached hydrogens (tertiary/aromatic N) is 2. The maximum absolute atomic E-state index is 12.9. The van der Waals surface area contributed by atoms with Crippen LogP contribution in [0.5, 0.6) is 0 Å². The molecule has 1 N–H and O–H groups in total. The third-order valence-corrected chi connectivity index (χ3v) is 6.86. The fourth-order valence-corrected chi connectivity index (χ4v) is 5.09. The van der Waals surface area contributed by atoms with Gasteiger partial charge in [0, 0.05) is 42.9 Å². The van der Waals surface area contributed by atoms with Crippen molar-refractivity contribution in [2.45, 2.75) is 5.25 Å². The summed E-state index contributed by atoms with van der Waals surface area (Å²) in [4.78, 5) is 28.4. The minimum absolute atomic E-state index is 0.0157. The van der Waals surface area contributed by atoms with Crippen LogP contribution in [0.25, 0.3) is 6.08 Å². The number of likely N-dealkylation sites (N-methyl/N-ethyl adjacent to an activating group) is 1. The van der Waals surface area contributed by atoms with Gasteiger partial charge in [0.1, 0.15) is 17.2 Å². The van der Waals surface area contributed by atoms with E-state index in [2.05, 4.69) is 10.2 Å². The number of amides is 2. The van der Waals surface area contributed by atoms with Gasteiger partial charge >= 0.3 is 5.91 Å². The SMILES string of the molecule is C[N+]1=C2C=C(C(=O)NCCN3CCOCC3)C=CC2S/C(=C\c2cccc(Cl)c2)C1=O. The molecule has 4 rings (SSSR count).